The van der Waals surface area contributed by atoms with Crippen LogP contribution in [0.4, 0.5) is 0 Å². The fourth-order valence-electron chi connectivity index (χ4n) is 2.82. The molecule has 0 radical (unpaired) electrons. The van der Waals surface area contributed by atoms with E-state index in [9.17, 15) is 8.42 Å². The van der Waals surface area contributed by atoms with E-state index in [1.165, 1.54) is 0 Å². The molecule has 0 amide bonds. The average Bonchev–Trinajstić information content (AvgIpc) is 2.47. The Morgan fingerprint density at radius 1 is 1.19 bits per heavy atom. The highest BCUT2D eigenvalue weighted by Gasteiger charge is 2.29. The monoisotopic (exact) mass is 311 g/mol. The largest absolute Gasteiger partial charge is 0.326 e. The van der Waals surface area contributed by atoms with Gasteiger partial charge in [0, 0.05) is 25.7 Å². The highest BCUT2D eigenvalue weighted by atomic mass is 32.2. The molecule has 1 aromatic rings. The van der Waals surface area contributed by atoms with Gasteiger partial charge in [0.05, 0.1) is 5.75 Å². The number of rotatable bonds is 5. The predicted molar refractivity (Wildman–Crippen MR) is 85.2 cm³/mol. The molecule has 2 rings (SSSR count). The number of piperidine rings is 1. The van der Waals surface area contributed by atoms with Gasteiger partial charge in [0.25, 0.3) is 0 Å². The summed E-state index contributed by atoms with van der Waals surface area (Å²) in [4.78, 5) is 2.17. The van der Waals surface area contributed by atoms with Crippen molar-refractivity contribution in [3.8, 4) is 0 Å². The van der Waals surface area contributed by atoms with Crippen LogP contribution in [0.1, 0.15) is 24.0 Å². The number of hydrogen-bond donors (Lipinski definition) is 1. The number of nitrogens with zero attached hydrogens (tertiary/aromatic N) is 2. The van der Waals surface area contributed by atoms with E-state index in [0.29, 0.717) is 25.7 Å². The summed E-state index contributed by atoms with van der Waals surface area (Å²) in [6, 6.07) is 7.98. The molecule has 21 heavy (non-hydrogen) atoms. The molecule has 1 heterocycles. The number of benzene rings is 1. The van der Waals surface area contributed by atoms with Crippen LogP contribution in [0.15, 0.2) is 24.3 Å². The Morgan fingerprint density at radius 2 is 1.76 bits per heavy atom. The second-order valence-electron chi connectivity index (χ2n) is 5.82. The standard InChI is InChI=1S/C15H25N3O2S/c1-17(2)15-7-9-18(10-8-15)21(19,20)12-14-6-4-3-5-13(14)11-16/h3-6,15H,7-12,16H2,1-2H3. The highest BCUT2D eigenvalue weighted by molar-refractivity contribution is 7.88. The first kappa shape index (κ1) is 16.4. The zero-order valence-electron chi connectivity index (χ0n) is 12.8. The second kappa shape index (κ2) is 6.87. The number of sulfonamides is 1. The summed E-state index contributed by atoms with van der Waals surface area (Å²) in [7, 11) is 0.837. The Bertz CT molecular complexity index is 564. The molecule has 1 saturated heterocycles. The lowest BCUT2D eigenvalue weighted by Gasteiger charge is -2.34. The van der Waals surface area contributed by atoms with Crippen LogP contribution in [-0.4, -0.2) is 50.8 Å². The maximum atomic E-state index is 12.6. The summed E-state index contributed by atoms with van der Waals surface area (Å²) in [6.07, 6.45) is 1.79. The molecular weight excluding hydrogens is 286 g/mol. The van der Waals surface area contributed by atoms with E-state index in [1.807, 2.05) is 38.4 Å². The Balaban J connectivity index is 2.06. The molecule has 6 heteroatoms. The van der Waals surface area contributed by atoms with Gasteiger partial charge < -0.3 is 10.6 Å². The quantitative estimate of drug-likeness (QED) is 0.881. The van der Waals surface area contributed by atoms with Gasteiger partial charge in [0.1, 0.15) is 0 Å². The molecule has 0 unspecified atom stereocenters. The minimum absolute atomic E-state index is 0.0486. The molecule has 1 aliphatic heterocycles. The van der Waals surface area contributed by atoms with E-state index < -0.39 is 10.0 Å². The summed E-state index contributed by atoms with van der Waals surface area (Å²) in [6.45, 7) is 1.58. The zero-order chi connectivity index (χ0) is 15.5. The van der Waals surface area contributed by atoms with Gasteiger partial charge in [-0.05, 0) is 38.1 Å². The maximum absolute atomic E-state index is 12.6. The van der Waals surface area contributed by atoms with Gasteiger partial charge in [-0.25, -0.2) is 12.7 Å². The van der Waals surface area contributed by atoms with Crippen LogP contribution < -0.4 is 5.73 Å². The summed E-state index contributed by atoms with van der Waals surface area (Å²) in [5, 5.41) is 0. The SMILES string of the molecule is CN(C)C1CCN(S(=O)(=O)Cc2ccccc2CN)CC1. The van der Waals surface area contributed by atoms with Gasteiger partial charge in [-0.2, -0.15) is 0 Å². The summed E-state index contributed by atoms with van der Waals surface area (Å²) >= 11 is 0. The van der Waals surface area contributed by atoms with E-state index in [1.54, 1.807) is 4.31 Å². The molecule has 0 bridgehead atoms. The van der Waals surface area contributed by atoms with Crippen molar-refractivity contribution in [3.05, 3.63) is 35.4 Å². The lowest BCUT2D eigenvalue weighted by molar-refractivity contribution is 0.196. The average molecular weight is 311 g/mol. The van der Waals surface area contributed by atoms with Crippen molar-refractivity contribution in [2.45, 2.75) is 31.2 Å². The lowest BCUT2D eigenvalue weighted by Crippen LogP contribution is -2.44. The van der Waals surface area contributed by atoms with Gasteiger partial charge in [0.15, 0.2) is 0 Å². The second-order valence-corrected chi connectivity index (χ2v) is 7.79. The first-order chi connectivity index (χ1) is 9.94. The van der Waals surface area contributed by atoms with Crippen molar-refractivity contribution in [3.63, 3.8) is 0 Å². The Morgan fingerprint density at radius 3 is 2.29 bits per heavy atom. The van der Waals surface area contributed by atoms with Gasteiger partial charge in [-0.3, -0.25) is 0 Å². The van der Waals surface area contributed by atoms with Crippen molar-refractivity contribution in [2.24, 2.45) is 5.73 Å². The normalized spacial score (nSPS) is 18.3. The molecular formula is C15H25N3O2S. The molecule has 0 aromatic heterocycles. The van der Waals surface area contributed by atoms with E-state index in [-0.39, 0.29) is 5.75 Å². The summed E-state index contributed by atoms with van der Waals surface area (Å²) in [5.41, 5.74) is 7.41. The Kier molecular flexibility index (Phi) is 5.37. The zero-order valence-corrected chi connectivity index (χ0v) is 13.6. The third kappa shape index (κ3) is 4.03. The van der Waals surface area contributed by atoms with Crippen molar-refractivity contribution in [2.75, 3.05) is 27.2 Å². The number of hydrogen-bond acceptors (Lipinski definition) is 4. The first-order valence-electron chi connectivity index (χ1n) is 7.35. The summed E-state index contributed by atoms with van der Waals surface area (Å²) in [5.74, 6) is 0.0486. The van der Waals surface area contributed by atoms with Crippen LogP contribution in [0.25, 0.3) is 0 Å². The van der Waals surface area contributed by atoms with Crippen LogP contribution in [0.2, 0.25) is 0 Å². The lowest BCUT2D eigenvalue weighted by atomic mass is 10.1. The molecule has 0 aliphatic carbocycles. The van der Waals surface area contributed by atoms with Crippen LogP contribution in [0.5, 0.6) is 0 Å². The third-order valence-electron chi connectivity index (χ3n) is 4.22. The van der Waals surface area contributed by atoms with E-state index >= 15 is 0 Å². The molecule has 1 aliphatic rings. The van der Waals surface area contributed by atoms with Crippen LogP contribution in [0.3, 0.4) is 0 Å². The molecule has 1 fully saturated rings. The van der Waals surface area contributed by atoms with E-state index in [2.05, 4.69) is 4.90 Å². The molecule has 0 spiro atoms. The van der Waals surface area contributed by atoms with Crippen LogP contribution in [0, 0.1) is 0 Å². The van der Waals surface area contributed by atoms with Crippen molar-refractivity contribution in [1.82, 2.24) is 9.21 Å². The smallest absolute Gasteiger partial charge is 0.218 e. The maximum Gasteiger partial charge on any atom is 0.218 e. The predicted octanol–water partition coefficient (Wildman–Crippen LogP) is 1.00. The van der Waals surface area contributed by atoms with Crippen LogP contribution >= 0.6 is 0 Å². The minimum Gasteiger partial charge on any atom is -0.326 e. The van der Waals surface area contributed by atoms with Gasteiger partial charge in [-0.15, -0.1) is 0 Å². The fraction of sp³-hybridized carbons (Fsp3) is 0.600. The van der Waals surface area contributed by atoms with Gasteiger partial charge >= 0.3 is 0 Å². The third-order valence-corrected chi connectivity index (χ3v) is 6.05. The Labute approximate surface area is 127 Å². The minimum atomic E-state index is -3.26. The number of nitrogens with two attached hydrogens (primary N) is 1. The highest BCUT2D eigenvalue weighted by Crippen LogP contribution is 2.21. The van der Waals surface area contributed by atoms with Crippen LogP contribution in [-0.2, 0) is 22.3 Å². The molecule has 0 saturated carbocycles. The molecule has 1 aromatic carbocycles. The first-order valence-corrected chi connectivity index (χ1v) is 8.96. The van der Waals surface area contributed by atoms with E-state index in [0.717, 1.165) is 24.0 Å². The van der Waals surface area contributed by atoms with Crippen molar-refractivity contribution < 1.29 is 8.42 Å². The fourth-order valence-corrected chi connectivity index (χ4v) is 4.45. The molecule has 0 atom stereocenters. The molecule has 118 valence electrons. The van der Waals surface area contributed by atoms with Gasteiger partial charge in [-0.1, -0.05) is 24.3 Å². The topological polar surface area (TPSA) is 66.6 Å². The summed E-state index contributed by atoms with van der Waals surface area (Å²) < 4.78 is 26.8. The molecule has 2 N–H and O–H groups in total. The molecule has 5 nitrogen and oxygen atoms in total. The van der Waals surface area contributed by atoms with E-state index in [4.69, 9.17) is 5.73 Å². The van der Waals surface area contributed by atoms with Crippen molar-refractivity contribution >= 4 is 10.0 Å². The van der Waals surface area contributed by atoms with Crippen molar-refractivity contribution in [1.29, 1.82) is 0 Å². The van der Waals surface area contributed by atoms with Gasteiger partial charge in [0.2, 0.25) is 10.0 Å². The Hall–Kier alpha value is -0.950.